The van der Waals surface area contributed by atoms with E-state index in [1.807, 2.05) is 0 Å². The molecule has 0 spiro atoms. The maximum absolute atomic E-state index is 12.1. The van der Waals surface area contributed by atoms with E-state index in [9.17, 15) is 13.2 Å². The van der Waals surface area contributed by atoms with Crippen molar-refractivity contribution in [3.8, 4) is 0 Å². The number of primary sulfonamides is 1. The first-order valence-electron chi connectivity index (χ1n) is 5.58. The van der Waals surface area contributed by atoms with Gasteiger partial charge in [-0.15, -0.1) is 11.3 Å². The van der Waals surface area contributed by atoms with Crippen LogP contribution in [0.15, 0.2) is 29.2 Å². The van der Waals surface area contributed by atoms with Crippen LogP contribution in [0, 0.1) is 6.92 Å². The Kier molecular flexibility index (Phi) is 4.60. The minimum absolute atomic E-state index is 0.0189. The summed E-state index contributed by atoms with van der Waals surface area (Å²) in [6, 6.07) is 5.64. The highest BCUT2D eigenvalue weighted by molar-refractivity contribution is 7.89. The largest absolute Gasteiger partial charge is 0.322 e. The molecule has 1 heterocycles. The van der Waals surface area contributed by atoms with Crippen molar-refractivity contribution in [2.75, 3.05) is 5.32 Å². The third-order valence-corrected chi connectivity index (χ3v) is 5.07. The SMILES string of the molecule is Cc1cc(S(N)(=O)=O)ccc1NC(=O)c1cc(Cl)sc1Cl. The van der Waals surface area contributed by atoms with E-state index >= 15 is 0 Å². The number of carbonyl (C=O) groups is 1. The maximum atomic E-state index is 12.1. The number of aryl methyl sites for hydroxylation is 1. The third kappa shape index (κ3) is 3.75. The summed E-state index contributed by atoms with van der Waals surface area (Å²) in [5, 5.41) is 7.69. The van der Waals surface area contributed by atoms with Crippen LogP contribution in [0.1, 0.15) is 15.9 Å². The summed E-state index contributed by atoms with van der Waals surface area (Å²) in [4.78, 5) is 12.1. The van der Waals surface area contributed by atoms with Crippen LogP contribution in [0.2, 0.25) is 8.67 Å². The van der Waals surface area contributed by atoms with Crippen LogP contribution in [-0.4, -0.2) is 14.3 Å². The number of sulfonamides is 1. The van der Waals surface area contributed by atoms with E-state index < -0.39 is 15.9 Å². The number of nitrogens with two attached hydrogens (primary N) is 1. The molecule has 0 atom stereocenters. The van der Waals surface area contributed by atoms with Crippen LogP contribution in [0.5, 0.6) is 0 Å². The molecule has 2 rings (SSSR count). The number of thiophene rings is 1. The van der Waals surface area contributed by atoms with Gasteiger partial charge in [0, 0.05) is 5.69 Å². The number of hydrogen-bond acceptors (Lipinski definition) is 4. The first kappa shape index (κ1) is 16.3. The van der Waals surface area contributed by atoms with E-state index in [4.69, 9.17) is 28.3 Å². The lowest BCUT2D eigenvalue weighted by Gasteiger charge is -2.09. The molecule has 0 aliphatic rings. The molecule has 0 fully saturated rings. The molecule has 21 heavy (non-hydrogen) atoms. The molecular weight excluding hydrogens is 355 g/mol. The fourth-order valence-corrected chi connectivity index (χ4v) is 3.70. The number of nitrogens with one attached hydrogen (secondary N) is 1. The number of rotatable bonds is 3. The number of amides is 1. The summed E-state index contributed by atoms with van der Waals surface area (Å²) < 4.78 is 23.2. The number of halogens is 2. The molecule has 0 radical (unpaired) electrons. The van der Waals surface area contributed by atoms with Gasteiger partial charge >= 0.3 is 0 Å². The second kappa shape index (κ2) is 5.94. The van der Waals surface area contributed by atoms with Crippen molar-refractivity contribution in [2.45, 2.75) is 11.8 Å². The predicted molar refractivity (Wildman–Crippen MR) is 84.8 cm³/mol. The van der Waals surface area contributed by atoms with Crippen LogP contribution in [0.4, 0.5) is 5.69 Å². The van der Waals surface area contributed by atoms with Gasteiger partial charge in [-0.1, -0.05) is 23.2 Å². The van der Waals surface area contributed by atoms with Gasteiger partial charge in [0.25, 0.3) is 5.91 Å². The van der Waals surface area contributed by atoms with E-state index in [1.54, 1.807) is 6.92 Å². The van der Waals surface area contributed by atoms with Gasteiger partial charge in [0.2, 0.25) is 10.0 Å². The van der Waals surface area contributed by atoms with Gasteiger partial charge in [0.1, 0.15) is 4.34 Å². The molecule has 0 saturated heterocycles. The zero-order chi connectivity index (χ0) is 15.8. The van der Waals surface area contributed by atoms with Crippen molar-refractivity contribution in [1.29, 1.82) is 0 Å². The summed E-state index contributed by atoms with van der Waals surface area (Å²) in [7, 11) is -3.78. The lowest BCUT2D eigenvalue weighted by molar-refractivity contribution is 0.102. The Morgan fingerprint density at radius 1 is 1.29 bits per heavy atom. The Bertz CT molecular complexity index is 816. The van der Waals surface area contributed by atoms with Crippen molar-refractivity contribution < 1.29 is 13.2 Å². The van der Waals surface area contributed by atoms with Crippen LogP contribution in [0.25, 0.3) is 0 Å². The van der Waals surface area contributed by atoms with E-state index in [2.05, 4.69) is 5.32 Å². The minimum atomic E-state index is -3.78. The van der Waals surface area contributed by atoms with Crippen molar-refractivity contribution in [3.63, 3.8) is 0 Å². The summed E-state index contributed by atoms with van der Waals surface area (Å²) in [6.45, 7) is 1.66. The molecule has 3 N–H and O–H groups in total. The molecule has 0 aliphatic carbocycles. The number of anilines is 1. The lowest BCUT2D eigenvalue weighted by Crippen LogP contribution is -2.14. The van der Waals surface area contributed by atoms with Crippen molar-refractivity contribution in [1.82, 2.24) is 0 Å². The van der Waals surface area contributed by atoms with Crippen molar-refractivity contribution >= 4 is 56.2 Å². The Labute approximate surface area is 135 Å². The third-order valence-electron chi connectivity index (χ3n) is 2.68. The first-order valence-corrected chi connectivity index (χ1v) is 8.70. The molecule has 9 heteroatoms. The molecule has 0 unspecified atom stereocenters. The van der Waals surface area contributed by atoms with Gasteiger partial charge in [-0.2, -0.15) is 0 Å². The highest BCUT2D eigenvalue weighted by Gasteiger charge is 2.16. The zero-order valence-electron chi connectivity index (χ0n) is 10.7. The predicted octanol–water partition coefficient (Wildman–Crippen LogP) is 3.26. The van der Waals surface area contributed by atoms with Gasteiger partial charge in [-0.3, -0.25) is 4.79 Å². The molecule has 1 amide bonds. The van der Waals surface area contributed by atoms with Crippen molar-refractivity contribution in [3.05, 3.63) is 44.1 Å². The second-order valence-corrected chi connectivity index (χ2v) is 8.06. The monoisotopic (exact) mass is 364 g/mol. The van der Waals surface area contributed by atoms with E-state index in [1.165, 1.54) is 24.3 Å². The Balaban J connectivity index is 2.28. The summed E-state index contributed by atoms with van der Waals surface area (Å²) in [5.41, 5.74) is 1.29. The minimum Gasteiger partial charge on any atom is -0.322 e. The Morgan fingerprint density at radius 2 is 1.95 bits per heavy atom. The highest BCUT2D eigenvalue weighted by Crippen LogP contribution is 2.32. The normalized spacial score (nSPS) is 11.4. The van der Waals surface area contributed by atoms with Crippen LogP contribution >= 0.6 is 34.5 Å². The topological polar surface area (TPSA) is 89.3 Å². The van der Waals surface area contributed by atoms with Crippen LogP contribution in [0.3, 0.4) is 0 Å². The summed E-state index contributed by atoms with van der Waals surface area (Å²) >= 11 is 12.8. The molecule has 2 aromatic rings. The first-order chi connectivity index (χ1) is 9.68. The number of benzene rings is 1. The molecule has 0 aliphatic heterocycles. The second-order valence-electron chi connectivity index (χ2n) is 4.21. The van der Waals surface area contributed by atoms with Crippen LogP contribution < -0.4 is 10.5 Å². The number of carbonyl (C=O) groups excluding carboxylic acids is 1. The Morgan fingerprint density at radius 3 is 2.43 bits per heavy atom. The highest BCUT2D eigenvalue weighted by atomic mass is 35.5. The zero-order valence-corrected chi connectivity index (χ0v) is 13.8. The fraction of sp³-hybridized carbons (Fsp3) is 0.0833. The molecule has 0 saturated carbocycles. The molecule has 0 bridgehead atoms. The molecule has 112 valence electrons. The van der Waals surface area contributed by atoms with Gasteiger partial charge in [0.05, 0.1) is 14.8 Å². The van der Waals surface area contributed by atoms with Gasteiger partial charge in [0.15, 0.2) is 0 Å². The number of hydrogen-bond donors (Lipinski definition) is 2. The average Bonchev–Trinajstić information content (AvgIpc) is 2.69. The van der Waals surface area contributed by atoms with Gasteiger partial charge in [-0.25, -0.2) is 13.6 Å². The van der Waals surface area contributed by atoms with E-state index in [-0.39, 0.29) is 14.8 Å². The summed E-state index contributed by atoms with van der Waals surface area (Å²) in [6.07, 6.45) is 0. The maximum Gasteiger partial charge on any atom is 0.258 e. The van der Waals surface area contributed by atoms with Crippen molar-refractivity contribution in [2.24, 2.45) is 5.14 Å². The van der Waals surface area contributed by atoms with Gasteiger partial charge in [-0.05, 0) is 36.8 Å². The summed E-state index contributed by atoms with van der Waals surface area (Å²) in [5.74, 6) is -0.422. The quantitative estimate of drug-likeness (QED) is 0.875. The van der Waals surface area contributed by atoms with E-state index in [0.29, 0.717) is 15.6 Å². The molecule has 1 aromatic heterocycles. The van der Waals surface area contributed by atoms with Gasteiger partial charge < -0.3 is 5.32 Å². The molecule has 5 nitrogen and oxygen atoms in total. The standard InChI is InChI=1S/C12H10Cl2N2O3S2/c1-6-4-7(21(15,18)19)2-3-9(6)16-12(17)8-5-10(13)20-11(8)14/h2-5H,1H3,(H,16,17)(H2,15,18,19). The Hall–Kier alpha value is -1.12. The van der Waals surface area contributed by atoms with E-state index in [0.717, 1.165) is 11.3 Å². The fourth-order valence-electron chi connectivity index (χ4n) is 1.64. The molecule has 1 aromatic carbocycles. The average molecular weight is 365 g/mol. The van der Waals surface area contributed by atoms with Crippen LogP contribution in [-0.2, 0) is 10.0 Å². The molecular formula is C12H10Cl2N2O3S2. The smallest absolute Gasteiger partial charge is 0.258 e. The lowest BCUT2D eigenvalue weighted by atomic mass is 10.2.